The molecule has 176 valence electrons. The molecule has 33 heavy (non-hydrogen) atoms. The predicted molar refractivity (Wildman–Crippen MR) is 120 cm³/mol. The van der Waals surface area contributed by atoms with Gasteiger partial charge in [0.2, 0.25) is 17.8 Å². The summed E-state index contributed by atoms with van der Waals surface area (Å²) < 4.78 is 12.5. The van der Waals surface area contributed by atoms with Gasteiger partial charge in [-0.1, -0.05) is 13.8 Å². The third-order valence-corrected chi connectivity index (χ3v) is 5.33. The van der Waals surface area contributed by atoms with E-state index in [1.807, 2.05) is 0 Å². The van der Waals surface area contributed by atoms with Crippen LogP contribution < -0.4 is 20.9 Å². The van der Waals surface area contributed by atoms with Crippen molar-refractivity contribution in [1.82, 2.24) is 19.5 Å². The van der Waals surface area contributed by atoms with Gasteiger partial charge in [0.25, 0.3) is 5.56 Å². The Hall–Kier alpha value is -3.48. The van der Waals surface area contributed by atoms with Gasteiger partial charge < -0.3 is 25.0 Å². The lowest BCUT2D eigenvalue weighted by Crippen LogP contribution is -2.24. The van der Waals surface area contributed by atoms with Crippen LogP contribution in [0.25, 0.3) is 11.2 Å². The first-order valence-corrected chi connectivity index (χ1v) is 10.5. The zero-order valence-corrected chi connectivity index (χ0v) is 18.4. The highest BCUT2D eigenvalue weighted by molar-refractivity contribution is 5.91. The molecule has 1 aliphatic heterocycles. The van der Waals surface area contributed by atoms with Crippen molar-refractivity contribution in [3.63, 3.8) is 0 Å². The first-order valence-electron chi connectivity index (χ1n) is 10.5. The maximum Gasteiger partial charge on any atom is 0.280 e. The number of hydrogen-bond donors (Lipinski definition) is 5. The summed E-state index contributed by atoms with van der Waals surface area (Å²) in [4.78, 5) is 36.2. The van der Waals surface area contributed by atoms with Crippen LogP contribution in [0.1, 0.15) is 26.5 Å². The molecule has 1 saturated heterocycles. The Labute approximate surface area is 188 Å². The molecule has 5 N–H and O–H groups in total. The molecule has 0 bridgehead atoms. The Balaban J connectivity index is 1.80. The number of carbonyl (C=O) groups excluding carboxylic acids is 1. The van der Waals surface area contributed by atoms with Gasteiger partial charge in [-0.15, -0.1) is 0 Å². The minimum Gasteiger partial charge on any atom is -0.497 e. The van der Waals surface area contributed by atoms with Crippen molar-refractivity contribution in [1.29, 1.82) is 0 Å². The van der Waals surface area contributed by atoms with Crippen LogP contribution in [0.5, 0.6) is 5.75 Å². The second-order valence-corrected chi connectivity index (χ2v) is 8.00. The second kappa shape index (κ2) is 9.17. The number of aliphatic hydroxyl groups is 2. The van der Waals surface area contributed by atoms with E-state index in [-0.39, 0.29) is 47.9 Å². The topological polar surface area (TPSA) is 164 Å². The molecule has 0 aliphatic carbocycles. The number of H-pyrrole nitrogens is 1. The Kier molecular flexibility index (Phi) is 6.31. The van der Waals surface area contributed by atoms with Crippen LogP contribution in [0.15, 0.2) is 29.1 Å². The van der Waals surface area contributed by atoms with Crippen LogP contribution >= 0.6 is 0 Å². The predicted octanol–water partition coefficient (Wildman–Crippen LogP) is 1.11. The smallest absolute Gasteiger partial charge is 0.280 e. The lowest BCUT2D eigenvalue weighted by atomic mass is 10.2. The molecular formula is C21H26N6O6. The molecule has 0 saturated carbocycles. The SMILES string of the molecule is COc1ccc(Nc2nc3c(=O)[nH]c(NC(=O)C(C)C)nc3n2[C@H]2C[C@H](O)[C@@H](CO)O2)cc1. The van der Waals surface area contributed by atoms with Crippen LogP contribution in [-0.2, 0) is 9.53 Å². The zero-order chi connectivity index (χ0) is 23.7. The molecule has 2 aromatic heterocycles. The molecule has 4 rings (SSSR count). The normalized spacial score (nSPS) is 20.4. The van der Waals surface area contributed by atoms with Crippen LogP contribution in [0.3, 0.4) is 0 Å². The van der Waals surface area contributed by atoms with Gasteiger partial charge in [0.05, 0.1) is 19.8 Å². The number of aliphatic hydroxyl groups excluding tert-OH is 2. The van der Waals surface area contributed by atoms with E-state index in [0.29, 0.717) is 11.4 Å². The van der Waals surface area contributed by atoms with E-state index in [4.69, 9.17) is 9.47 Å². The van der Waals surface area contributed by atoms with Crippen molar-refractivity contribution in [2.75, 3.05) is 24.4 Å². The number of nitrogens with zero attached hydrogens (tertiary/aromatic N) is 3. The van der Waals surface area contributed by atoms with Crippen molar-refractivity contribution in [3.8, 4) is 5.75 Å². The monoisotopic (exact) mass is 458 g/mol. The summed E-state index contributed by atoms with van der Waals surface area (Å²) in [5.74, 6) is 0.262. The van der Waals surface area contributed by atoms with Crippen LogP contribution in [-0.4, -0.2) is 61.6 Å². The minimum absolute atomic E-state index is 0.0269. The maximum absolute atomic E-state index is 12.8. The highest BCUT2D eigenvalue weighted by Crippen LogP contribution is 2.34. The molecular weight excluding hydrogens is 432 g/mol. The quantitative estimate of drug-likeness (QED) is 0.349. The number of methoxy groups -OCH3 is 1. The molecule has 0 radical (unpaired) electrons. The summed E-state index contributed by atoms with van der Waals surface area (Å²) in [6, 6.07) is 7.07. The average Bonchev–Trinajstić information content (AvgIpc) is 3.33. The van der Waals surface area contributed by atoms with Crippen molar-refractivity contribution in [3.05, 3.63) is 34.6 Å². The van der Waals surface area contributed by atoms with Crippen molar-refractivity contribution in [2.24, 2.45) is 5.92 Å². The molecule has 3 aromatic rings. The number of benzene rings is 1. The van der Waals surface area contributed by atoms with E-state index in [2.05, 4.69) is 25.6 Å². The van der Waals surface area contributed by atoms with Crippen molar-refractivity contribution < 1.29 is 24.5 Å². The standard InChI is InChI=1S/C21H26N6O6/c1-10(2)18(30)25-20-24-17-16(19(31)26-20)23-21(22-11-4-6-12(32-3)7-5-11)27(17)15-8-13(29)14(9-28)33-15/h4-7,10,13-15,28-29H,8-9H2,1-3H3,(H,22,23)(H2,24,25,26,30,31)/t13-,14+,15+/m0/s1. The fraction of sp³-hybridized carbons (Fsp3) is 0.429. The first kappa shape index (κ1) is 22.7. The number of aromatic nitrogens is 4. The molecule has 3 heterocycles. The lowest BCUT2D eigenvalue weighted by Gasteiger charge is -2.17. The van der Waals surface area contributed by atoms with Crippen LogP contribution in [0, 0.1) is 5.92 Å². The third kappa shape index (κ3) is 4.53. The average molecular weight is 458 g/mol. The Morgan fingerprint density at radius 1 is 1.33 bits per heavy atom. The van der Waals surface area contributed by atoms with E-state index in [1.54, 1.807) is 49.8 Å². The molecule has 12 heteroatoms. The van der Waals surface area contributed by atoms with Gasteiger partial charge in [-0.3, -0.25) is 24.5 Å². The van der Waals surface area contributed by atoms with Gasteiger partial charge in [-0.25, -0.2) is 4.98 Å². The number of ether oxygens (including phenoxy) is 2. The van der Waals surface area contributed by atoms with E-state index in [0.717, 1.165) is 0 Å². The number of imidazole rings is 1. The number of hydrogen-bond acceptors (Lipinski definition) is 9. The third-order valence-electron chi connectivity index (χ3n) is 5.33. The number of rotatable bonds is 7. The van der Waals surface area contributed by atoms with Gasteiger partial charge in [-0.05, 0) is 24.3 Å². The number of nitrogens with one attached hydrogen (secondary N) is 3. The number of fused-ring (bicyclic) bond motifs is 1. The molecule has 0 spiro atoms. The van der Waals surface area contributed by atoms with E-state index in [9.17, 15) is 19.8 Å². The van der Waals surface area contributed by atoms with E-state index in [1.165, 1.54) is 0 Å². The number of carbonyl (C=O) groups is 1. The van der Waals surface area contributed by atoms with Gasteiger partial charge in [0, 0.05) is 18.0 Å². The molecule has 12 nitrogen and oxygen atoms in total. The Bertz CT molecular complexity index is 1200. The second-order valence-electron chi connectivity index (χ2n) is 8.00. The Morgan fingerprint density at radius 3 is 2.67 bits per heavy atom. The van der Waals surface area contributed by atoms with Gasteiger partial charge in [0.1, 0.15) is 18.1 Å². The molecule has 1 aromatic carbocycles. The van der Waals surface area contributed by atoms with E-state index >= 15 is 0 Å². The summed E-state index contributed by atoms with van der Waals surface area (Å²) in [5, 5.41) is 25.5. The summed E-state index contributed by atoms with van der Waals surface area (Å²) in [6.07, 6.45) is -2.31. The maximum atomic E-state index is 12.8. The highest BCUT2D eigenvalue weighted by Gasteiger charge is 2.37. The van der Waals surface area contributed by atoms with Crippen molar-refractivity contribution in [2.45, 2.75) is 38.7 Å². The molecule has 0 unspecified atom stereocenters. The fourth-order valence-electron chi connectivity index (χ4n) is 3.51. The summed E-state index contributed by atoms with van der Waals surface area (Å²) in [5.41, 5.74) is 0.297. The first-order chi connectivity index (χ1) is 15.8. The highest BCUT2D eigenvalue weighted by atomic mass is 16.5. The summed E-state index contributed by atoms with van der Waals surface area (Å²) in [6.45, 7) is 3.07. The minimum atomic E-state index is -0.909. The van der Waals surface area contributed by atoms with Crippen LogP contribution in [0.2, 0.25) is 0 Å². The number of amides is 1. The van der Waals surface area contributed by atoms with Crippen LogP contribution in [0.4, 0.5) is 17.6 Å². The van der Waals surface area contributed by atoms with Gasteiger partial charge in [0.15, 0.2) is 11.2 Å². The largest absolute Gasteiger partial charge is 0.497 e. The fourth-order valence-corrected chi connectivity index (χ4v) is 3.51. The molecule has 1 aliphatic rings. The zero-order valence-electron chi connectivity index (χ0n) is 18.4. The summed E-state index contributed by atoms with van der Waals surface area (Å²) >= 11 is 0. The molecule has 3 atom stereocenters. The number of aromatic amines is 1. The van der Waals surface area contributed by atoms with E-state index < -0.39 is 24.0 Å². The summed E-state index contributed by atoms with van der Waals surface area (Å²) in [7, 11) is 1.57. The lowest BCUT2D eigenvalue weighted by molar-refractivity contribution is -0.118. The molecule has 1 amide bonds. The number of anilines is 3. The molecule has 1 fully saturated rings. The van der Waals surface area contributed by atoms with Gasteiger partial charge in [-0.2, -0.15) is 4.98 Å². The van der Waals surface area contributed by atoms with Crippen molar-refractivity contribution >= 4 is 34.7 Å². The van der Waals surface area contributed by atoms with Gasteiger partial charge >= 0.3 is 0 Å². The Morgan fingerprint density at radius 2 is 2.06 bits per heavy atom.